The van der Waals surface area contributed by atoms with Crippen LogP contribution in [0.25, 0.3) is 0 Å². The summed E-state index contributed by atoms with van der Waals surface area (Å²) in [5.74, 6) is 4.70. The molecule has 0 aliphatic carbocycles. The molecule has 0 bridgehead atoms. The van der Waals surface area contributed by atoms with Crippen LogP contribution < -0.4 is 5.32 Å². The van der Waals surface area contributed by atoms with E-state index in [0.717, 1.165) is 12.8 Å². The monoisotopic (exact) mass is 441 g/mol. The van der Waals surface area contributed by atoms with Crippen LogP contribution in [0.4, 0.5) is 0 Å². The van der Waals surface area contributed by atoms with Crippen LogP contribution in [0.2, 0.25) is 0 Å². The largest absolute Gasteiger partial charge is 0.469 e. The van der Waals surface area contributed by atoms with Crippen LogP contribution in [0, 0.1) is 17.8 Å². The van der Waals surface area contributed by atoms with Gasteiger partial charge in [0.2, 0.25) is 6.41 Å². The molecule has 0 aliphatic rings. The van der Waals surface area contributed by atoms with Gasteiger partial charge >= 0.3 is 5.97 Å². The maximum atomic E-state index is 12.1. The highest BCUT2D eigenvalue weighted by Gasteiger charge is 2.28. The van der Waals surface area contributed by atoms with Gasteiger partial charge in [0.1, 0.15) is 9.33 Å². The Hall–Kier alpha value is -0.860. The van der Waals surface area contributed by atoms with Gasteiger partial charge in [0.15, 0.2) is 0 Å². The molecule has 4 nitrogen and oxygen atoms in total. The van der Waals surface area contributed by atoms with Crippen molar-refractivity contribution < 1.29 is 14.3 Å². The summed E-state index contributed by atoms with van der Waals surface area (Å²) in [6, 6.07) is -0.323. The van der Waals surface area contributed by atoms with E-state index in [1.807, 2.05) is 12.2 Å². The number of carbonyl (C=O) groups is 2. The molecule has 8 heteroatoms. The summed E-state index contributed by atoms with van der Waals surface area (Å²) in [6.45, 7) is 0. The Labute approximate surface area is 175 Å². The van der Waals surface area contributed by atoms with Crippen molar-refractivity contribution in [3.05, 3.63) is 22.7 Å². The number of hydrogen-bond acceptors (Lipinski definition) is 3. The van der Waals surface area contributed by atoms with Crippen LogP contribution in [-0.2, 0) is 14.3 Å². The van der Waals surface area contributed by atoms with E-state index in [0.29, 0.717) is 32.1 Å². The molecular weight excluding hydrogens is 420 g/mol. The smallest absolute Gasteiger partial charge is 0.310 e. The number of methoxy groups -OCH3 is 1. The Morgan fingerprint density at radius 1 is 1.23 bits per heavy atom. The van der Waals surface area contributed by atoms with Gasteiger partial charge in [-0.15, -0.1) is 23.2 Å². The fraction of sp³-hybridized carbons (Fsp3) is 0.556. The highest BCUT2D eigenvalue weighted by Crippen LogP contribution is 2.19. The standard InChI is InChI=1S/C18H23Cl4NO3/c1-26-18(25)14(9-5-4-8-12-17(21)22)15(23-13-24)10-6-2-3-7-11-16(19)20/h3,7,12-16H,2,5-6,9-11H2,1H3,(H,23,24)/b7-3+. The minimum absolute atomic E-state index is 0.0743. The molecule has 0 aliphatic heterocycles. The molecule has 1 amide bonds. The fourth-order valence-corrected chi connectivity index (χ4v) is 2.62. The lowest BCUT2D eigenvalue weighted by atomic mass is 9.90. The normalized spacial score (nSPS) is 12.8. The number of alkyl halides is 2. The Balaban J connectivity index is 4.70. The van der Waals surface area contributed by atoms with Crippen molar-refractivity contribution in [2.45, 2.75) is 49.4 Å². The first-order valence-electron chi connectivity index (χ1n) is 8.12. The van der Waals surface area contributed by atoms with Crippen molar-refractivity contribution in [3.63, 3.8) is 0 Å². The summed E-state index contributed by atoms with van der Waals surface area (Å²) >= 11 is 22.2. The summed E-state index contributed by atoms with van der Waals surface area (Å²) in [4.78, 5) is 22.6. The second-order valence-electron chi connectivity index (χ2n) is 5.34. The van der Waals surface area contributed by atoms with Crippen LogP contribution in [-0.4, -0.2) is 30.4 Å². The molecule has 0 aromatic rings. The Bertz CT molecular complexity index is 534. The minimum Gasteiger partial charge on any atom is -0.469 e. The molecule has 146 valence electrons. The van der Waals surface area contributed by atoms with E-state index < -0.39 is 10.8 Å². The number of ether oxygens (including phenoxy) is 1. The molecule has 26 heavy (non-hydrogen) atoms. The summed E-state index contributed by atoms with van der Waals surface area (Å²) in [6.07, 6.45) is 9.57. The maximum Gasteiger partial charge on any atom is 0.310 e. The number of halogens is 4. The summed E-state index contributed by atoms with van der Waals surface area (Å²) < 4.78 is 4.94. The molecule has 2 atom stereocenters. The molecule has 2 unspecified atom stereocenters. The zero-order chi connectivity index (χ0) is 19.8. The predicted octanol–water partition coefficient (Wildman–Crippen LogP) is 4.91. The molecule has 0 fully saturated rings. The van der Waals surface area contributed by atoms with Gasteiger partial charge in [-0.05, 0) is 32.1 Å². The van der Waals surface area contributed by atoms with Crippen LogP contribution in [0.3, 0.4) is 0 Å². The number of allylic oxidation sites excluding steroid dienone is 3. The van der Waals surface area contributed by atoms with Gasteiger partial charge in [-0.25, -0.2) is 0 Å². The van der Waals surface area contributed by atoms with Crippen molar-refractivity contribution in [1.82, 2.24) is 5.32 Å². The molecule has 0 saturated heterocycles. The van der Waals surface area contributed by atoms with E-state index in [9.17, 15) is 9.59 Å². The predicted molar refractivity (Wildman–Crippen MR) is 108 cm³/mol. The van der Waals surface area contributed by atoms with Gasteiger partial charge < -0.3 is 10.1 Å². The quantitative estimate of drug-likeness (QED) is 0.116. The van der Waals surface area contributed by atoms with Crippen molar-refractivity contribution in [2.75, 3.05) is 7.11 Å². The number of carbonyl (C=O) groups excluding carboxylic acids is 2. The highest BCUT2D eigenvalue weighted by atomic mass is 35.5. The lowest BCUT2D eigenvalue weighted by Crippen LogP contribution is -2.40. The number of amides is 1. The third-order valence-electron chi connectivity index (χ3n) is 3.50. The minimum atomic E-state index is -0.478. The molecule has 0 heterocycles. The van der Waals surface area contributed by atoms with Gasteiger partial charge in [-0.2, -0.15) is 0 Å². The van der Waals surface area contributed by atoms with Crippen molar-refractivity contribution in [2.24, 2.45) is 5.92 Å². The first-order valence-corrected chi connectivity index (χ1v) is 9.75. The Kier molecular flexibility index (Phi) is 15.8. The van der Waals surface area contributed by atoms with E-state index in [1.54, 1.807) is 0 Å². The lowest BCUT2D eigenvalue weighted by Gasteiger charge is -2.24. The molecule has 0 aromatic heterocycles. The average Bonchev–Trinajstić information content (AvgIpc) is 2.59. The fourth-order valence-electron chi connectivity index (χ4n) is 2.30. The summed E-state index contributed by atoms with van der Waals surface area (Å²) in [5.41, 5.74) is 0. The molecule has 0 saturated carbocycles. The molecule has 1 N–H and O–H groups in total. The number of nitrogens with one attached hydrogen (secondary N) is 1. The zero-order valence-corrected chi connectivity index (χ0v) is 17.5. The number of hydrogen-bond donors (Lipinski definition) is 1. The van der Waals surface area contributed by atoms with Gasteiger partial charge in [0.05, 0.1) is 13.0 Å². The van der Waals surface area contributed by atoms with Crippen molar-refractivity contribution in [3.8, 4) is 11.8 Å². The molecule has 0 rings (SSSR count). The van der Waals surface area contributed by atoms with Gasteiger partial charge in [-0.1, -0.05) is 47.2 Å². The summed E-state index contributed by atoms with van der Waals surface area (Å²) in [7, 11) is 1.33. The number of esters is 1. The van der Waals surface area contributed by atoms with E-state index in [1.165, 1.54) is 13.2 Å². The van der Waals surface area contributed by atoms with E-state index in [2.05, 4.69) is 17.2 Å². The zero-order valence-electron chi connectivity index (χ0n) is 14.5. The topological polar surface area (TPSA) is 55.4 Å². The second-order valence-corrected chi connectivity index (χ2v) is 7.63. The van der Waals surface area contributed by atoms with Crippen LogP contribution in [0.15, 0.2) is 22.7 Å². The molecular formula is C18H23Cl4NO3. The van der Waals surface area contributed by atoms with E-state index >= 15 is 0 Å². The number of unbranched alkanes of at least 4 members (excludes halogenated alkanes) is 1. The summed E-state index contributed by atoms with van der Waals surface area (Å²) in [5, 5.41) is 2.72. The first-order chi connectivity index (χ1) is 12.4. The third kappa shape index (κ3) is 13.4. The van der Waals surface area contributed by atoms with Crippen LogP contribution in [0.5, 0.6) is 0 Å². The van der Waals surface area contributed by atoms with Crippen LogP contribution in [0.1, 0.15) is 38.5 Å². The molecule has 0 radical (unpaired) electrons. The first kappa shape index (κ1) is 25.1. The lowest BCUT2D eigenvalue weighted by molar-refractivity contribution is -0.146. The van der Waals surface area contributed by atoms with Gasteiger partial charge in [-0.3, -0.25) is 9.59 Å². The van der Waals surface area contributed by atoms with Crippen molar-refractivity contribution in [1.29, 1.82) is 0 Å². The maximum absolute atomic E-state index is 12.1. The SMILES string of the molecule is COC(=O)C(CCC#CC=C(Cl)Cl)C(CCC/C=C/CC(Cl)Cl)NC=O. The van der Waals surface area contributed by atoms with Crippen LogP contribution >= 0.6 is 46.4 Å². The van der Waals surface area contributed by atoms with E-state index in [-0.39, 0.29) is 16.5 Å². The molecule has 0 spiro atoms. The number of rotatable bonds is 12. The highest BCUT2D eigenvalue weighted by molar-refractivity contribution is 6.56. The second kappa shape index (κ2) is 16.3. The molecule has 0 aromatic carbocycles. The van der Waals surface area contributed by atoms with E-state index in [4.69, 9.17) is 51.1 Å². The van der Waals surface area contributed by atoms with Gasteiger partial charge in [0, 0.05) is 18.5 Å². The average molecular weight is 443 g/mol. The van der Waals surface area contributed by atoms with Crippen molar-refractivity contribution >= 4 is 58.8 Å². The third-order valence-corrected chi connectivity index (χ3v) is 4.08. The Morgan fingerprint density at radius 2 is 1.96 bits per heavy atom. The Morgan fingerprint density at radius 3 is 2.54 bits per heavy atom. The van der Waals surface area contributed by atoms with Gasteiger partial charge in [0.25, 0.3) is 0 Å².